The molecule has 1 saturated heterocycles. The number of rotatable bonds is 4. The minimum Gasteiger partial charge on any atom is -0.348 e. The molecule has 1 aliphatic heterocycles. The summed E-state index contributed by atoms with van der Waals surface area (Å²) >= 11 is 0. The molecule has 23 heavy (non-hydrogen) atoms. The Morgan fingerprint density at radius 1 is 1.09 bits per heavy atom. The van der Waals surface area contributed by atoms with Gasteiger partial charge in [-0.2, -0.15) is 0 Å². The molecule has 0 aromatic heterocycles. The van der Waals surface area contributed by atoms with Gasteiger partial charge in [-0.1, -0.05) is 29.8 Å². The summed E-state index contributed by atoms with van der Waals surface area (Å²) in [5, 5.41) is 2.91. The molecule has 0 saturated carbocycles. The Kier molecular flexibility index (Phi) is 4.42. The first kappa shape index (κ1) is 15.3. The van der Waals surface area contributed by atoms with E-state index in [0.717, 1.165) is 29.8 Å². The molecule has 0 bridgehead atoms. The largest absolute Gasteiger partial charge is 0.348 e. The van der Waals surface area contributed by atoms with Gasteiger partial charge in [-0.15, -0.1) is 0 Å². The van der Waals surface area contributed by atoms with E-state index in [1.54, 1.807) is 0 Å². The number of anilines is 1. The first-order valence-corrected chi connectivity index (χ1v) is 7.88. The smallest absolute Gasteiger partial charge is 0.251 e. The van der Waals surface area contributed by atoms with Crippen molar-refractivity contribution in [3.63, 3.8) is 0 Å². The predicted octanol–water partition coefficient (Wildman–Crippen LogP) is 3.05. The van der Waals surface area contributed by atoms with Gasteiger partial charge in [-0.25, -0.2) is 0 Å². The molecule has 1 aliphatic rings. The van der Waals surface area contributed by atoms with Crippen LogP contribution in [0.15, 0.2) is 48.5 Å². The number of hydrogen-bond donors (Lipinski definition) is 1. The highest BCUT2D eigenvalue weighted by molar-refractivity contribution is 5.95. The van der Waals surface area contributed by atoms with Gasteiger partial charge in [0.1, 0.15) is 0 Å². The average molecular weight is 308 g/mol. The van der Waals surface area contributed by atoms with E-state index in [1.165, 1.54) is 0 Å². The zero-order valence-electron chi connectivity index (χ0n) is 13.2. The van der Waals surface area contributed by atoms with Crippen molar-refractivity contribution >= 4 is 17.5 Å². The molecule has 4 heteroatoms. The quantitative estimate of drug-likeness (QED) is 0.943. The molecule has 2 amide bonds. The molecule has 2 aromatic rings. The van der Waals surface area contributed by atoms with Crippen molar-refractivity contribution in [1.29, 1.82) is 0 Å². The minimum atomic E-state index is -0.0798. The zero-order chi connectivity index (χ0) is 16.2. The maximum atomic E-state index is 12.1. The van der Waals surface area contributed by atoms with Crippen LogP contribution in [0.2, 0.25) is 0 Å². The number of amides is 2. The van der Waals surface area contributed by atoms with Gasteiger partial charge in [-0.05, 0) is 43.2 Å². The molecule has 1 N–H and O–H groups in total. The molecule has 0 atom stereocenters. The van der Waals surface area contributed by atoms with Gasteiger partial charge < -0.3 is 10.2 Å². The fraction of sp³-hybridized carbons (Fsp3) is 0.263. The van der Waals surface area contributed by atoms with Crippen LogP contribution in [0.4, 0.5) is 5.69 Å². The Morgan fingerprint density at radius 3 is 2.39 bits per heavy atom. The number of aryl methyl sites for hydroxylation is 1. The summed E-state index contributed by atoms with van der Waals surface area (Å²) in [6.45, 7) is 3.26. The van der Waals surface area contributed by atoms with E-state index < -0.39 is 0 Å². The lowest BCUT2D eigenvalue weighted by atomic mass is 10.1. The summed E-state index contributed by atoms with van der Waals surface area (Å²) in [4.78, 5) is 25.6. The lowest BCUT2D eigenvalue weighted by Crippen LogP contribution is -2.24. The van der Waals surface area contributed by atoms with Crippen LogP contribution in [0, 0.1) is 6.92 Å². The van der Waals surface area contributed by atoms with Crippen molar-refractivity contribution in [3.8, 4) is 0 Å². The Morgan fingerprint density at radius 2 is 1.78 bits per heavy atom. The van der Waals surface area contributed by atoms with Crippen LogP contribution in [0.3, 0.4) is 0 Å². The van der Waals surface area contributed by atoms with Crippen molar-refractivity contribution in [3.05, 3.63) is 65.2 Å². The van der Waals surface area contributed by atoms with E-state index in [-0.39, 0.29) is 11.8 Å². The number of carbonyl (C=O) groups excluding carboxylic acids is 2. The van der Waals surface area contributed by atoms with Crippen molar-refractivity contribution in [1.82, 2.24) is 5.32 Å². The van der Waals surface area contributed by atoms with E-state index in [4.69, 9.17) is 0 Å². The molecular weight excluding hydrogens is 288 g/mol. The summed E-state index contributed by atoms with van der Waals surface area (Å²) in [5.41, 5.74) is 3.74. The molecule has 118 valence electrons. The molecule has 2 aromatic carbocycles. The van der Waals surface area contributed by atoms with Crippen LogP contribution < -0.4 is 10.2 Å². The number of carbonyl (C=O) groups is 2. The van der Waals surface area contributed by atoms with Gasteiger partial charge in [-0.3, -0.25) is 9.59 Å². The molecule has 0 unspecified atom stereocenters. The summed E-state index contributed by atoms with van der Waals surface area (Å²) in [5.74, 6) is 0.106. The van der Waals surface area contributed by atoms with Crippen LogP contribution in [-0.2, 0) is 11.3 Å². The van der Waals surface area contributed by atoms with E-state index in [9.17, 15) is 9.59 Å². The highest BCUT2D eigenvalue weighted by Gasteiger charge is 2.21. The second-order valence-electron chi connectivity index (χ2n) is 5.86. The fourth-order valence-corrected chi connectivity index (χ4v) is 2.70. The van der Waals surface area contributed by atoms with Gasteiger partial charge in [0.2, 0.25) is 5.91 Å². The Bertz CT molecular complexity index is 705. The summed E-state index contributed by atoms with van der Waals surface area (Å²) in [7, 11) is 0. The minimum absolute atomic E-state index is 0.0798. The SMILES string of the molecule is Cc1ccc(C(=O)NCc2ccc(N3CCCC3=O)cc2)cc1. The Hall–Kier alpha value is -2.62. The average Bonchev–Trinajstić information content (AvgIpc) is 3.00. The molecule has 4 nitrogen and oxygen atoms in total. The Labute approximate surface area is 136 Å². The molecule has 0 radical (unpaired) electrons. The van der Waals surface area contributed by atoms with Crippen LogP contribution >= 0.6 is 0 Å². The lowest BCUT2D eigenvalue weighted by molar-refractivity contribution is -0.117. The Balaban J connectivity index is 1.59. The molecule has 0 spiro atoms. The van der Waals surface area contributed by atoms with E-state index in [0.29, 0.717) is 18.5 Å². The van der Waals surface area contributed by atoms with Crippen molar-refractivity contribution in [2.45, 2.75) is 26.3 Å². The second-order valence-corrected chi connectivity index (χ2v) is 5.86. The standard InChI is InChI=1S/C19H20N2O2/c1-14-4-8-16(9-5-14)19(23)20-13-15-6-10-17(11-7-15)21-12-2-3-18(21)22/h4-11H,2-3,12-13H2,1H3,(H,20,23). The first-order valence-electron chi connectivity index (χ1n) is 7.88. The molecule has 0 aliphatic carbocycles. The van der Waals surface area contributed by atoms with Gasteiger partial charge in [0, 0.05) is 30.8 Å². The van der Waals surface area contributed by atoms with E-state index >= 15 is 0 Å². The first-order chi connectivity index (χ1) is 11.1. The topological polar surface area (TPSA) is 49.4 Å². The highest BCUT2D eigenvalue weighted by atomic mass is 16.2. The monoisotopic (exact) mass is 308 g/mol. The normalized spacial score (nSPS) is 14.1. The van der Waals surface area contributed by atoms with Gasteiger partial charge >= 0.3 is 0 Å². The lowest BCUT2D eigenvalue weighted by Gasteiger charge is -2.16. The summed E-state index contributed by atoms with van der Waals surface area (Å²) in [6, 6.07) is 15.3. The molecule has 1 heterocycles. The maximum Gasteiger partial charge on any atom is 0.251 e. The number of hydrogen-bond acceptors (Lipinski definition) is 2. The molecule has 1 fully saturated rings. The highest BCUT2D eigenvalue weighted by Crippen LogP contribution is 2.21. The van der Waals surface area contributed by atoms with E-state index in [1.807, 2.05) is 60.4 Å². The van der Waals surface area contributed by atoms with Crippen LogP contribution in [-0.4, -0.2) is 18.4 Å². The van der Waals surface area contributed by atoms with Gasteiger partial charge in [0.15, 0.2) is 0 Å². The number of nitrogens with zero attached hydrogens (tertiary/aromatic N) is 1. The van der Waals surface area contributed by atoms with Crippen molar-refractivity contribution in [2.24, 2.45) is 0 Å². The maximum absolute atomic E-state index is 12.1. The fourth-order valence-electron chi connectivity index (χ4n) is 2.70. The third-order valence-electron chi connectivity index (χ3n) is 4.09. The third kappa shape index (κ3) is 3.59. The summed E-state index contributed by atoms with van der Waals surface area (Å²) in [6.07, 6.45) is 1.56. The number of nitrogens with one attached hydrogen (secondary N) is 1. The predicted molar refractivity (Wildman–Crippen MR) is 90.4 cm³/mol. The van der Waals surface area contributed by atoms with Gasteiger partial charge in [0.25, 0.3) is 5.91 Å². The van der Waals surface area contributed by atoms with Crippen molar-refractivity contribution in [2.75, 3.05) is 11.4 Å². The van der Waals surface area contributed by atoms with E-state index in [2.05, 4.69) is 5.32 Å². The molecular formula is C19H20N2O2. The van der Waals surface area contributed by atoms with Crippen LogP contribution in [0.5, 0.6) is 0 Å². The van der Waals surface area contributed by atoms with Crippen LogP contribution in [0.1, 0.15) is 34.3 Å². The van der Waals surface area contributed by atoms with Crippen LogP contribution in [0.25, 0.3) is 0 Å². The second kappa shape index (κ2) is 6.65. The summed E-state index contributed by atoms with van der Waals surface area (Å²) < 4.78 is 0. The third-order valence-corrected chi connectivity index (χ3v) is 4.09. The molecule has 3 rings (SSSR count). The zero-order valence-corrected chi connectivity index (χ0v) is 13.2. The number of benzene rings is 2. The van der Waals surface area contributed by atoms with Gasteiger partial charge in [0.05, 0.1) is 0 Å². The van der Waals surface area contributed by atoms with Crippen molar-refractivity contribution < 1.29 is 9.59 Å².